The number of hydrogen-bond donors (Lipinski definition) is 1. The molecule has 32 heavy (non-hydrogen) atoms. The monoisotopic (exact) mass is 465 g/mol. The van der Waals surface area contributed by atoms with Gasteiger partial charge < -0.3 is 10.1 Å². The third kappa shape index (κ3) is 3.83. The van der Waals surface area contributed by atoms with E-state index in [1.54, 1.807) is 30.3 Å². The van der Waals surface area contributed by atoms with Crippen LogP contribution in [0.2, 0.25) is 10.0 Å². The molecule has 4 aromatic rings. The summed E-state index contributed by atoms with van der Waals surface area (Å²) in [6.07, 6.45) is 2.14. The Balaban J connectivity index is 1.50. The van der Waals surface area contributed by atoms with E-state index in [1.807, 2.05) is 24.3 Å². The van der Waals surface area contributed by atoms with E-state index in [1.165, 1.54) is 16.8 Å². The molecule has 1 N–H and O–H groups in total. The maximum absolute atomic E-state index is 13.0. The molecule has 2 aromatic carbocycles. The van der Waals surface area contributed by atoms with Gasteiger partial charge in [0.15, 0.2) is 0 Å². The molecule has 1 aliphatic heterocycles. The molecule has 0 fully saturated rings. The van der Waals surface area contributed by atoms with E-state index in [0.29, 0.717) is 45.4 Å². The van der Waals surface area contributed by atoms with Crippen LogP contribution in [0.5, 0.6) is 5.75 Å². The van der Waals surface area contributed by atoms with Gasteiger partial charge in [-0.05, 0) is 36.4 Å². The molecular formula is C24H17Cl2N3O3. The Labute approximate surface area is 193 Å². The molecular weight excluding hydrogens is 449 g/mol. The predicted molar refractivity (Wildman–Crippen MR) is 124 cm³/mol. The molecule has 0 radical (unpaired) electrons. The number of hydrogen-bond acceptors (Lipinski definition) is 4. The summed E-state index contributed by atoms with van der Waals surface area (Å²) in [6, 6.07) is 17.2. The van der Waals surface area contributed by atoms with Crippen molar-refractivity contribution < 1.29 is 9.53 Å². The highest BCUT2D eigenvalue weighted by molar-refractivity contribution is 6.34. The first kappa shape index (κ1) is 20.5. The maximum atomic E-state index is 13.0. The third-order valence-corrected chi connectivity index (χ3v) is 5.80. The lowest BCUT2D eigenvalue weighted by atomic mass is 10.00. The quantitative estimate of drug-likeness (QED) is 0.464. The van der Waals surface area contributed by atoms with Crippen LogP contribution in [0.1, 0.15) is 28.4 Å². The van der Waals surface area contributed by atoms with Crippen LogP contribution >= 0.6 is 23.2 Å². The maximum Gasteiger partial charge on any atom is 0.256 e. The smallest absolute Gasteiger partial charge is 0.256 e. The molecule has 1 amide bonds. The number of para-hydroxylation sites is 1. The summed E-state index contributed by atoms with van der Waals surface area (Å²) in [6.45, 7) is 0.534. The minimum absolute atomic E-state index is 0.147. The topological polar surface area (TPSA) is 73.2 Å². The molecule has 0 spiro atoms. The Kier molecular flexibility index (Phi) is 5.33. The average molecular weight is 466 g/mol. The van der Waals surface area contributed by atoms with Gasteiger partial charge >= 0.3 is 0 Å². The van der Waals surface area contributed by atoms with Gasteiger partial charge in [0.2, 0.25) is 0 Å². The van der Waals surface area contributed by atoms with Crippen molar-refractivity contribution in [3.63, 3.8) is 0 Å². The number of rotatable bonds is 3. The minimum Gasteiger partial charge on any atom is -0.493 e. The van der Waals surface area contributed by atoms with Gasteiger partial charge in [-0.25, -0.2) is 4.98 Å². The highest BCUT2D eigenvalue weighted by Gasteiger charge is 2.23. The third-order valence-electron chi connectivity index (χ3n) is 5.36. The molecule has 1 unspecified atom stereocenters. The van der Waals surface area contributed by atoms with Crippen molar-refractivity contribution in [1.82, 2.24) is 14.9 Å². The zero-order valence-electron chi connectivity index (χ0n) is 16.7. The van der Waals surface area contributed by atoms with Crippen molar-refractivity contribution in [1.29, 1.82) is 0 Å². The fraction of sp³-hybridized carbons (Fsp3) is 0.125. The summed E-state index contributed by atoms with van der Waals surface area (Å²) in [5.41, 5.74) is 1.98. The normalized spacial score (nSPS) is 15.1. The lowest BCUT2D eigenvalue weighted by Gasteiger charge is -2.26. The SMILES string of the molecule is O=C(NC1CCOc2ccccc21)c1cnc2c(ccc(=O)n2-c2cc(Cl)cc(Cl)c2)c1. The van der Waals surface area contributed by atoms with Crippen LogP contribution in [0.4, 0.5) is 0 Å². The second kappa shape index (κ2) is 8.30. The minimum atomic E-state index is -0.278. The van der Waals surface area contributed by atoms with Gasteiger partial charge in [-0.2, -0.15) is 0 Å². The molecule has 160 valence electrons. The fourth-order valence-corrected chi connectivity index (χ4v) is 4.41. The van der Waals surface area contributed by atoms with E-state index >= 15 is 0 Å². The Morgan fingerprint density at radius 1 is 1.06 bits per heavy atom. The number of ether oxygens (including phenoxy) is 1. The molecule has 2 aromatic heterocycles. The van der Waals surface area contributed by atoms with Crippen LogP contribution in [-0.4, -0.2) is 22.1 Å². The standard InChI is InChI=1S/C24H17Cl2N3O3/c25-16-10-17(26)12-18(11-16)29-22(30)6-5-14-9-15(13-27-23(14)29)24(31)28-20-7-8-32-21-4-2-1-3-19(20)21/h1-6,9-13,20H,7-8H2,(H,28,31). The molecule has 0 saturated carbocycles. The number of aromatic nitrogens is 2. The van der Waals surface area contributed by atoms with Gasteiger partial charge in [-0.15, -0.1) is 0 Å². The summed E-state index contributed by atoms with van der Waals surface area (Å²) in [5, 5.41) is 4.52. The van der Waals surface area contributed by atoms with Gasteiger partial charge in [0.05, 0.1) is 23.9 Å². The zero-order chi connectivity index (χ0) is 22.2. The van der Waals surface area contributed by atoms with Crippen LogP contribution in [0.15, 0.2) is 71.7 Å². The van der Waals surface area contributed by atoms with Crippen molar-refractivity contribution in [2.75, 3.05) is 6.61 Å². The summed E-state index contributed by atoms with van der Waals surface area (Å²) in [4.78, 5) is 30.0. The molecule has 3 heterocycles. The van der Waals surface area contributed by atoms with Crippen LogP contribution < -0.4 is 15.6 Å². The van der Waals surface area contributed by atoms with E-state index in [9.17, 15) is 9.59 Å². The zero-order valence-corrected chi connectivity index (χ0v) is 18.2. The number of halogens is 2. The van der Waals surface area contributed by atoms with Crippen molar-refractivity contribution in [2.45, 2.75) is 12.5 Å². The second-order valence-electron chi connectivity index (χ2n) is 7.47. The van der Waals surface area contributed by atoms with E-state index in [0.717, 1.165) is 11.3 Å². The highest BCUT2D eigenvalue weighted by Crippen LogP contribution is 2.32. The first-order valence-electron chi connectivity index (χ1n) is 10.0. The molecule has 5 rings (SSSR count). The molecule has 0 saturated heterocycles. The number of pyridine rings is 2. The number of carbonyl (C=O) groups is 1. The van der Waals surface area contributed by atoms with Crippen molar-refractivity contribution >= 4 is 40.1 Å². The van der Waals surface area contributed by atoms with E-state index in [4.69, 9.17) is 27.9 Å². The van der Waals surface area contributed by atoms with E-state index in [-0.39, 0.29) is 17.5 Å². The van der Waals surface area contributed by atoms with Crippen molar-refractivity contribution in [3.05, 3.63) is 98.4 Å². The molecule has 8 heteroatoms. The Morgan fingerprint density at radius 2 is 1.84 bits per heavy atom. The number of nitrogens with one attached hydrogen (secondary N) is 1. The highest BCUT2D eigenvalue weighted by atomic mass is 35.5. The second-order valence-corrected chi connectivity index (χ2v) is 8.35. The van der Waals surface area contributed by atoms with Crippen LogP contribution in [0, 0.1) is 0 Å². The summed E-state index contributed by atoms with van der Waals surface area (Å²) in [7, 11) is 0. The summed E-state index contributed by atoms with van der Waals surface area (Å²) < 4.78 is 7.09. The fourth-order valence-electron chi connectivity index (χ4n) is 3.90. The first-order chi connectivity index (χ1) is 15.5. The van der Waals surface area contributed by atoms with Crippen LogP contribution in [0.25, 0.3) is 16.7 Å². The Hall–Kier alpha value is -3.35. The molecule has 0 aliphatic carbocycles. The lowest BCUT2D eigenvalue weighted by Crippen LogP contribution is -2.32. The number of benzene rings is 2. The van der Waals surface area contributed by atoms with Gasteiger partial charge in [0.25, 0.3) is 11.5 Å². The van der Waals surface area contributed by atoms with Gasteiger partial charge in [0, 0.05) is 39.7 Å². The molecule has 1 aliphatic rings. The first-order valence-corrected chi connectivity index (χ1v) is 10.8. The van der Waals surface area contributed by atoms with Crippen LogP contribution in [-0.2, 0) is 0 Å². The number of nitrogens with zero attached hydrogens (tertiary/aromatic N) is 2. The van der Waals surface area contributed by atoms with Crippen molar-refractivity contribution in [3.8, 4) is 11.4 Å². The van der Waals surface area contributed by atoms with Gasteiger partial charge in [-0.1, -0.05) is 41.4 Å². The van der Waals surface area contributed by atoms with Crippen molar-refractivity contribution in [2.24, 2.45) is 0 Å². The van der Waals surface area contributed by atoms with E-state index in [2.05, 4.69) is 10.3 Å². The summed E-state index contributed by atoms with van der Waals surface area (Å²) >= 11 is 12.2. The Morgan fingerprint density at radius 3 is 2.66 bits per heavy atom. The Bertz CT molecular complexity index is 1400. The van der Waals surface area contributed by atoms with Gasteiger partial charge in [-0.3, -0.25) is 14.2 Å². The van der Waals surface area contributed by atoms with E-state index < -0.39 is 0 Å². The predicted octanol–water partition coefficient (Wildman–Crippen LogP) is 4.95. The molecule has 1 atom stereocenters. The largest absolute Gasteiger partial charge is 0.493 e. The average Bonchev–Trinajstić information content (AvgIpc) is 2.78. The summed E-state index contributed by atoms with van der Waals surface area (Å²) in [5.74, 6) is 0.537. The number of carbonyl (C=O) groups excluding carboxylic acids is 1. The number of fused-ring (bicyclic) bond motifs is 2. The lowest BCUT2D eigenvalue weighted by molar-refractivity contribution is 0.0924. The number of amides is 1. The molecule has 6 nitrogen and oxygen atoms in total. The van der Waals surface area contributed by atoms with Gasteiger partial charge in [0.1, 0.15) is 11.4 Å². The van der Waals surface area contributed by atoms with Crippen LogP contribution in [0.3, 0.4) is 0 Å². The molecule has 0 bridgehead atoms.